The number of benzene rings is 1. The van der Waals surface area contributed by atoms with Gasteiger partial charge in [0.25, 0.3) is 0 Å². The summed E-state index contributed by atoms with van der Waals surface area (Å²) in [5, 5.41) is 12.0. The van der Waals surface area contributed by atoms with E-state index < -0.39 is 0 Å². The predicted octanol–water partition coefficient (Wildman–Crippen LogP) is 2.77. The van der Waals surface area contributed by atoms with Crippen LogP contribution in [0.1, 0.15) is 25.8 Å². The number of carbonyl (C=O) groups is 1. The number of nitriles is 1. The lowest BCUT2D eigenvalue weighted by molar-refractivity contribution is -0.120. The van der Waals surface area contributed by atoms with Crippen LogP contribution in [-0.4, -0.2) is 12.5 Å². The lowest BCUT2D eigenvalue weighted by atomic mass is 9.96. The van der Waals surface area contributed by atoms with E-state index in [9.17, 15) is 4.79 Å². The average molecular weight is 280 g/mol. The number of anilines is 1. The van der Waals surface area contributed by atoms with Crippen molar-refractivity contribution in [2.75, 3.05) is 11.9 Å². The van der Waals surface area contributed by atoms with Crippen molar-refractivity contribution in [3.63, 3.8) is 0 Å². The van der Waals surface area contributed by atoms with Gasteiger partial charge < -0.3 is 11.1 Å². The molecule has 0 saturated carbocycles. The van der Waals surface area contributed by atoms with Crippen molar-refractivity contribution < 1.29 is 4.79 Å². The summed E-state index contributed by atoms with van der Waals surface area (Å²) in [5.41, 5.74) is 6.53. The Labute approximate surface area is 118 Å². The quantitative estimate of drug-likeness (QED) is 0.870. The highest BCUT2D eigenvalue weighted by Crippen LogP contribution is 2.21. The van der Waals surface area contributed by atoms with Crippen LogP contribution in [0.3, 0.4) is 0 Å². The van der Waals surface area contributed by atoms with Gasteiger partial charge in [-0.2, -0.15) is 5.26 Å². The van der Waals surface area contributed by atoms with Gasteiger partial charge in [0.15, 0.2) is 0 Å². The van der Waals surface area contributed by atoms with E-state index in [0.717, 1.165) is 6.42 Å². The van der Waals surface area contributed by atoms with Crippen LogP contribution in [0.2, 0.25) is 5.02 Å². The minimum Gasteiger partial charge on any atom is -0.330 e. The highest BCUT2D eigenvalue weighted by Gasteiger charge is 2.18. The van der Waals surface area contributed by atoms with Gasteiger partial charge in [0.05, 0.1) is 16.5 Å². The monoisotopic (exact) mass is 279 g/mol. The molecule has 1 rings (SSSR count). The minimum atomic E-state index is -0.221. The van der Waals surface area contributed by atoms with Crippen LogP contribution in [0.4, 0.5) is 5.69 Å². The van der Waals surface area contributed by atoms with Crippen molar-refractivity contribution >= 4 is 23.2 Å². The predicted molar refractivity (Wildman–Crippen MR) is 76.8 cm³/mol. The molecule has 1 amide bonds. The molecule has 0 radical (unpaired) electrons. The molecule has 0 heterocycles. The molecule has 0 saturated heterocycles. The van der Waals surface area contributed by atoms with Gasteiger partial charge >= 0.3 is 0 Å². The number of nitrogens with zero attached hydrogens (tertiary/aromatic N) is 1. The molecule has 1 atom stereocenters. The maximum Gasteiger partial charge on any atom is 0.228 e. The fourth-order valence-corrected chi connectivity index (χ4v) is 1.97. The Morgan fingerprint density at radius 3 is 2.74 bits per heavy atom. The zero-order valence-corrected chi connectivity index (χ0v) is 11.9. The minimum absolute atomic E-state index is 0.123. The molecule has 0 aromatic heterocycles. The molecule has 0 fully saturated rings. The van der Waals surface area contributed by atoms with Crippen LogP contribution in [-0.2, 0) is 4.79 Å². The second kappa shape index (κ2) is 7.13. The summed E-state index contributed by atoms with van der Waals surface area (Å²) < 4.78 is 0. The fourth-order valence-electron chi connectivity index (χ4n) is 1.81. The maximum atomic E-state index is 12.1. The summed E-state index contributed by atoms with van der Waals surface area (Å²) in [6, 6.07) is 6.80. The van der Waals surface area contributed by atoms with Crippen molar-refractivity contribution in [1.29, 1.82) is 5.26 Å². The maximum absolute atomic E-state index is 12.1. The normalized spacial score (nSPS) is 12.0. The molecule has 19 heavy (non-hydrogen) atoms. The molecule has 3 N–H and O–H groups in total. The van der Waals surface area contributed by atoms with E-state index >= 15 is 0 Å². The Morgan fingerprint density at radius 1 is 1.53 bits per heavy atom. The molecular formula is C14H18ClN3O. The number of halogens is 1. The Hall–Kier alpha value is -1.57. The first-order valence-electron chi connectivity index (χ1n) is 6.18. The van der Waals surface area contributed by atoms with Crippen molar-refractivity contribution in [2.45, 2.75) is 20.3 Å². The topological polar surface area (TPSA) is 78.9 Å². The molecule has 1 aromatic carbocycles. The Morgan fingerprint density at radius 2 is 2.21 bits per heavy atom. The Bertz CT molecular complexity index is 494. The zero-order chi connectivity index (χ0) is 14.4. The summed E-state index contributed by atoms with van der Waals surface area (Å²) in [5.74, 6) is 0.0582. The third-order valence-electron chi connectivity index (χ3n) is 2.77. The molecule has 5 heteroatoms. The molecule has 1 unspecified atom stereocenters. The summed E-state index contributed by atoms with van der Waals surface area (Å²) in [6.45, 7) is 4.40. The van der Waals surface area contributed by atoms with Crippen molar-refractivity contribution in [3.8, 4) is 6.07 Å². The van der Waals surface area contributed by atoms with Crippen molar-refractivity contribution in [2.24, 2.45) is 17.6 Å². The van der Waals surface area contributed by atoms with Crippen LogP contribution in [0.5, 0.6) is 0 Å². The molecular weight excluding hydrogens is 262 g/mol. The first kappa shape index (κ1) is 15.5. The second-order valence-electron chi connectivity index (χ2n) is 4.86. The van der Waals surface area contributed by atoms with Gasteiger partial charge in [-0.1, -0.05) is 25.4 Å². The van der Waals surface area contributed by atoms with E-state index in [4.69, 9.17) is 22.6 Å². The van der Waals surface area contributed by atoms with Gasteiger partial charge in [0.2, 0.25) is 5.91 Å². The molecule has 4 nitrogen and oxygen atoms in total. The molecule has 0 aliphatic rings. The number of nitrogens with two attached hydrogens (primary N) is 1. The number of nitrogens with one attached hydrogen (secondary N) is 1. The van der Waals surface area contributed by atoms with Crippen LogP contribution >= 0.6 is 11.6 Å². The summed E-state index contributed by atoms with van der Waals surface area (Å²) >= 11 is 5.84. The van der Waals surface area contributed by atoms with Gasteiger partial charge in [-0.3, -0.25) is 4.79 Å². The Kier molecular flexibility index (Phi) is 5.81. The van der Waals surface area contributed by atoms with E-state index in [1.54, 1.807) is 18.2 Å². The highest BCUT2D eigenvalue weighted by atomic mass is 35.5. The smallest absolute Gasteiger partial charge is 0.228 e. The lowest BCUT2D eigenvalue weighted by Crippen LogP contribution is -2.30. The first-order valence-corrected chi connectivity index (χ1v) is 6.56. The number of rotatable bonds is 5. The number of hydrogen-bond donors (Lipinski definition) is 2. The molecule has 0 spiro atoms. The Balaban J connectivity index is 2.79. The fraction of sp³-hybridized carbons (Fsp3) is 0.429. The van der Waals surface area contributed by atoms with E-state index in [0.29, 0.717) is 28.7 Å². The first-order chi connectivity index (χ1) is 8.97. The molecule has 0 aliphatic carbocycles. The second-order valence-corrected chi connectivity index (χ2v) is 5.27. The summed E-state index contributed by atoms with van der Waals surface area (Å²) in [7, 11) is 0. The average Bonchev–Trinajstić information content (AvgIpc) is 2.37. The van der Waals surface area contributed by atoms with Crippen LogP contribution in [0.25, 0.3) is 0 Å². The van der Waals surface area contributed by atoms with Crippen molar-refractivity contribution in [1.82, 2.24) is 0 Å². The third kappa shape index (κ3) is 4.55. The molecule has 102 valence electrons. The van der Waals surface area contributed by atoms with Gasteiger partial charge in [0.1, 0.15) is 6.07 Å². The van der Waals surface area contributed by atoms with E-state index in [1.807, 2.05) is 19.9 Å². The van der Waals surface area contributed by atoms with Gasteiger partial charge in [-0.15, -0.1) is 0 Å². The largest absolute Gasteiger partial charge is 0.330 e. The summed E-state index contributed by atoms with van der Waals surface area (Å²) in [4.78, 5) is 12.1. The van der Waals surface area contributed by atoms with Gasteiger partial charge in [-0.05, 0) is 30.5 Å². The summed E-state index contributed by atoms with van der Waals surface area (Å²) in [6.07, 6.45) is 0.737. The third-order valence-corrected chi connectivity index (χ3v) is 3.10. The van der Waals surface area contributed by atoms with E-state index in [1.165, 1.54) is 0 Å². The standard InChI is InChI=1S/C14H18ClN3O/c1-9(2)5-11(8-17)14(19)18-12-3-4-13(15)10(6-12)7-16/h3-4,6,9,11H,5,8,17H2,1-2H3,(H,18,19). The van der Waals surface area contributed by atoms with Gasteiger partial charge in [0, 0.05) is 12.2 Å². The highest BCUT2D eigenvalue weighted by molar-refractivity contribution is 6.31. The SMILES string of the molecule is CC(C)CC(CN)C(=O)Nc1ccc(Cl)c(C#N)c1. The zero-order valence-electron chi connectivity index (χ0n) is 11.1. The molecule has 0 bridgehead atoms. The van der Waals surface area contributed by atoms with E-state index in [-0.39, 0.29) is 11.8 Å². The van der Waals surface area contributed by atoms with Crippen LogP contribution in [0, 0.1) is 23.2 Å². The van der Waals surface area contributed by atoms with Crippen LogP contribution < -0.4 is 11.1 Å². The number of hydrogen-bond acceptors (Lipinski definition) is 3. The van der Waals surface area contributed by atoms with E-state index in [2.05, 4.69) is 5.32 Å². The number of amides is 1. The van der Waals surface area contributed by atoms with Crippen LogP contribution in [0.15, 0.2) is 18.2 Å². The van der Waals surface area contributed by atoms with Gasteiger partial charge in [-0.25, -0.2) is 0 Å². The lowest BCUT2D eigenvalue weighted by Gasteiger charge is -2.17. The molecule has 0 aliphatic heterocycles. The van der Waals surface area contributed by atoms with Crippen molar-refractivity contribution in [3.05, 3.63) is 28.8 Å². The molecule has 1 aromatic rings. The number of carbonyl (C=O) groups excluding carboxylic acids is 1.